The topological polar surface area (TPSA) is 62.7 Å². The molecule has 178 valence electrons. The molecule has 9 heteroatoms. The molecule has 0 fully saturated rings. The van der Waals surface area contributed by atoms with Crippen molar-refractivity contribution in [1.82, 2.24) is 4.72 Å². The zero-order valence-corrected chi connectivity index (χ0v) is 19.7. The molecule has 0 aliphatic heterocycles. The summed E-state index contributed by atoms with van der Waals surface area (Å²) in [5.74, 6) is -0.539. The van der Waals surface area contributed by atoms with Gasteiger partial charge in [0.15, 0.2) is 0 Å². The average Bonchev–Trinajstić information content (AvgIpc) is 2.79. The second-order valence-electron chi connectivity index (χ2n) is 7.38. The molecular formula is C25H24F3N3O2S. The molecule has 0 unspecified atom stereocenters. The van der Waals surface area contributed by atoms with Crippen molar-refractivity contribution in [1.29, 1.82) is 0 Å². The van der Waals surface area contributed by atoms with Gasteiger partial charge in [-0.3, -0.25) is 14.5 Å². The predicted molar refractivity (Wildman–Crippen MR) is 130 cm³/mol. The van der Waals surface area contributed by atoms with Crippen LogP contribution in [-0.2, 0) is 0 Å². The third kappa shape index (κ3) is 7.28. The molecule has 34 heavy (non-hydrogen) atoms. The lowest BCUT2D eigenvalue weighted by Crippen LogP contribution is -2.17. The number of ether oxygens (including phenoxy) is 1. The van der Waals surface area contributed by atoms with Gasteiger partial charge >= 0.3 is 6.36 Å². The highest BCUT2D eigenvalue weighted by Crippen LogP contribution is 2.26. The first-order chi connectivity index (χ1) is 16.1. The van der Waals surface area contributed by atoms with E-state index in [4.69, 9.17) is 0 Å². The Labute approximate surface area is 200 Å². The number of aliphatic imine (C=N–C) groups is 1. The van der Waals surface area contributed by atoms with Crippen molar-refractivity contribution < 1.29 is 22.7 Å². The fourth-order valence-electron chi connectivity index (χ4n) is 3.08. The SMILES string of the molecule is CCNc1cc(C(=O)NSc2ccc(C)cc2)ccc1C(C)=Nc1ccc(OC(F)(F)F)cc1. The molecule has 0 saturated carbocycles. The monoisotopic (exact) mass is 487 g/mol. The number of amides is 1. The van der Waals surface area contributed by atoms with Gasteiger partial charge in [0.2, 0.25) is 0 Å². The van der Waals surface area contributed by atoms with Crippen LogP contribution < -0.4 is 14.8 Å². The van der Waals surface area contributed by atoms with E-state index in [1.807, 2.05) is 38.1 Å². The fourth-order valence-corrected chi connectivity index (χ4v) is 3.68. The summed E-state index contributed by atoms with van der Waals surface area (Å²) in [5.41, 5.74) is 4.26. The van der Waals surface area contributed by atoms with Crippen LogP contribution in [0.25, 0.3) is 0 Å². The molecule has 0 saturated heterocycles. The van der Waals surface area contributed by atoms with Gasteiger partial charge in [0.25, 0.3) is 5.91 Å². The zero-order valence-electron chi connectivity index (χ0n) is 18.9. The van der Waals surface area contributed by atoms with Crippen LogP contribution >= 0.6 is 11.9 Å². The molecule has 0 heterocycles. The standard InChI is InChI=1S/C25H24F3N3O2S/c1-4-29-23-15-18(24(32)31-34-21-12-5-16(2)6-13-21)7-14-22(23)17(3)30-19-8-10-20(11-9-19)33-25(26,27)28/h5-15,29H,4H2,1-3H3,(H,31,32). The highest BCUT2D eigenvalue weighted by atomic mass is 32.2. The highest BCUT2D eigenvalue weighted by Gasteiger charge is 2.30. The Kier molecular flexibility index (Phi) is 8.22. The van der Waals surface area contributed by atoms with Crippen LogP contribution in [0.4, 0.5) is 24.5 Å². The van der Waals surface area contributed by atoms with Gasteiger partial charge in [-0.25, -0.2) is 0 Å². The van der Waals surface area contributed by atoms with E-state index in [2.05, 4.69) is 19.8 Å². The lowest BCUT2D eigenvalue weighted by Gasteiger charge is -2.13. The summed E-state index contributed by atoms with van der Waals surface area (Å²) in [4.78, 5) is 18.1. The number of benzene rings is 3. The fraction of sp³-hybridized carbons (Fsp3) is 0.200. The Morgan fingerprint density at radius 3 is 2.32 bits per heavy atom. The molecule has 0 radical (unpaired) electrons. The third-order valence-corrected chi connectivity index (χ3v) is 5.48. The van der Waals surface area contributed by atoms with Crippen molar-refractivity contribution in [3.05, 3.63) is 83.4 Å². The first kappa shape index (κ1) is 25.2. The number of hydrogen-bond donors (Lipinski definition) is 2. The number of nitrogens with zero attached hydrogens (tertiary/aromatic N) is 1. The Balaban J connectivity index is 1.76. The van der Waals surface area contributed by atoms with Gasteiger partial charge in [-0.1, -0.05) is 23.8 Å². The van der Waals surface area contributed by atoms with Gasteiger partial charge < -0.3 is 10.1 Å². The predicted octanol–water partition coefficient (Wildman–Crippen LogP) is 6.90. The van der Waals surface area contributed by atoms with Gasteiger partial charge in [-0.05, 0) is 81.3 Å². The first-order valence-corrected chi connectivity index (χ1v) is 11.3. The lowest BCUT2D eigenvalue weighted by atomic mass is 10.0. The minimum absolute atomic E-state index is 0.230. The van der Waals surface area contributed by atoms with Crippen molar-refractivity contribution in [3.63, 3.8) is 0 Å². The van der Waals surface area contributed by atoms with E-state index in [9.17, 15) is 18.0 Å². The van der Waals surface area contributed by atoms with Crippen LogP contribution in [0.1, 0.15) is 35.3 Å². The summed E-state index contributed by atoms with van der Waals surface area (Å²) in [6, 6.07) is 18.4. The summed E-state index contributed by atoms with van der Waals surface area (Å²) >= 11 is 1.24. The number of alkyl halides is 3. The minimum Gasteiger partial charge on any atom is -0.406 e. The number of carbonyl (C=O) groups excluding carboxylic acids is 1. The van der Waals surface area contributed by atoms with Crippen molar-refractivity contribution in [3.8, 4) is 5.75 Å². The molecule has 3 aromatic rings. The van der Waals surface area contributed by atoms with Gasteiger partial charge in [0.1, 0.15) is 5.75 Å². The smallest absolute Gasteiger partial charge is 0.406 e. The van der Waals surface area contributed by atoms with Gasteiger partial charge in [0.05, 0.1) is 5.69 Å². The molecule has 1 amide bonds. The minimum atomic E-state index is -4.74. The maximum absolute atomic E-state index is 12.7. The second-order valence-corrected chi connectivity index (χ2v) is 8.26. The molecule has 0 aromatic heterocycles. The molecule has 0 spiro atoms. The van der Waals surface area contributed by atoms with E-state index in [-0.39, 0.29) is 11.7 Å². The highest BCUT2D eigenvalue weighted by molar-refractivity contribution is 7.98. The van der Waals surface area contributed by atoms with Crippen LogP contribution in [-0.4, -0.2) is 24.5 Å². The van der Waals surface area contributed by atoms with Crippen molar-refractivity contribution in [2.24, 2.45) is 4.99 Å². The number of carbonyl (C=O) groups is 1. The number of anilines is 1. The number of halogens is 3. The maximum atomic E-state index is 12.7. The molecule has 0 bridgehead atoms. The van der Waals surface area contributed by atoms with E-state index in [1.54, 1.807) is 25.1 Å². The second kappa shape index (κ2) is 11.1. The van der Waals surface area contributed by atoms with Crippen molar-refractivity contribution >= 4 is 34.9 Å². The number of rotatable bonds is 8. The normalized spacial score (nSPS) is 11.8. The van der Waals surface area contributed by atoms with E-state index in [0.29, 0.717) is 23.5 Å². The largest absolute Gasteiger partial charge is 0.573 e. The van der Waals surface area contributed by atoms with Crippen molar-refractivity contribution in [2.45, 2.75) is 32.0 Å². The van der Waals surface area contributed by atoms with Crippen LogP contribution in [0, 0.1) is 6.92 Å². The molecule has 0 aliphatic carbocycles. The Morgan fingerprint density at radius 1 is 1.03 bits per heavy atom. The van der Waals surface area contributed by atoms with E-state index in [1.165, 1.54) is 36.2 Å². The van der Waals surface area contributed by atoms with Crippen LogP contribution in [0.2, 0.25) is 0 Å². The first-order valence-electron chi connectivity index (χ1n) is 10.5. The molecule has 0 atom stereocenters. The Bertz CT molecular complexity index is 1160. The van der Waals surface area contributed by atoms with Gasteiger partial charge in [0, 0.05) is 34.0 Å². The number of nitrogens with one attached hydrogen (secondary N) is 2. The molecule has 2 N–H and O–H groups in total. The molecule has 3 aromatic carbocycles. The number of hydrogen-bond acceptors (Lipinski definition) is 5. The van der Waals surface area contributed by atoms with Crippen LogP contribution in [0.3, 0.4) is 0 Å². The van der Waals surface area contributed by atoms with Gasteiger partial charge in [-0.15, -0.1) is 13.2 Å². The van der Waals surface area contributed by atoms with E-state index in [0.717, 1.165) is 21.7 Å². The number of aryl methyl sites for hydroxylation is 1. The van der Waals surface area contributed by atoms with E-state index >= 15 is 0 Å². The summed E-state index contributed by atoms with van der Waals surface area (Å²) in [5, 5.41) is 3.24. The van der Waals surface area contributed by atoms with E-state index < -0.39 is 6.36 Å². The van der Waals surface area contributed by atoms with Crippen molar-refractivity contribution in [2.75, 3.05) is 11.9 Å². The molecule has 5 nitrogen and oxygen atoms in total. The Hall–Kier alpha value is -3.46. The quantitative estimate of drug-likeness (QED) is 0.268. The molecule has 0 aliphatic rings. The van der Waals surface area contributed by atoms with Crippen LogP contribution in [0.5, 0.6) is 5.75 Å². The Morgan fingerprint density at radius 2 is 1.71 bits per heavy atom. The molecular weight excluding hydrogens is 463 g/mol. The zero-order chi connectivity index (χ0) is 24.7. The summed E-state index contributed by atoms with van der Waals surface area (Å²) in [6.07, 6.45) is -4.74. The summed E-state index contributed by atoms with van der Waals surface area (Å²) in [6.45, 7) is 6.37. The van der Waals surface area contributed by atoms with Gasteiger partial charge in [-0.2, -0.15) is 0 Å². The lowest BCUT2D eigenvalue weighted by molar-refractivity contribution is -0.274. The summed E-state index contributed by atoms with van der Waals surface area (Å²) in [7, 11) is 0. The molecule has 3 rings (SSSR count). The average molecular weight is 488 g/mol. The van der Waals surface area contributed by atoms with Crippen LogP contribution in [0.15, 0.2) is 76.6 Å². The summed E-state index contributed by atoms with van der Waals surface area (Å²) < 4.78 is 43.8. The maximum Gasteiger partial charge on any atom is 0.573 e. The third-order valence-electron chi connectivity index (χ3n) is 4.69.